The summed E-state index contributed by atoms with van der Waals surface area (Å²) in [5.74, 6) is 0.564. The number of rotatable bonds is 5. The highest BCUT2D eigenvalue weighted by Gasteiger charge is 2.19. The molecule has 1 aromatic carbocycles. The first-order valence-corrected chi connectivity index (χ1v) is 6.98. The third-order valence-corrected chi connectivity index (χ3v) is 4.39. The zero-order valence-corrected chi connectivity index (χ0v) is 11.8. The Hall–Kier alpha value is -0.870. The summed E-state index contributed by atoms with van der Waals surface area (Å²) < 4.78 is 17.5. The summed E-state index contributed by atoms with van der Waals surface area (Å²) in [4.78, 5) is 0.733. The van der Waals surface area contributed by atoms with Crippen LogP contribution in [0.2, 0.25) is 0 Å². The quantitative estimate of drug-likeness (QED) is 0.822. The summed E-state index contributed by atoms with van der Waals surface area (Å²) >= 11 is 0. The van der Waals surface area contributed by atoms with Crippen LogP contribution in [0.3, 0.4) is 0 Å². The topological polar surface area (TPSA) is 52.3 Å². The summed E-state index contributed by atoms with van der Waals surface area (Å²) in [6.45, 7) is 5.91. The Balaban J connectivity index is 2.74. The molecule has 0 aromatic heterocycles. The lowest BCUT2D eigenvalue weighted by Gasteiger charge is -2.22. The van der Waals surface area contributed by atoms with E-state index in [1.165, 1.54) is 0 Å². The Morgan fingerprint density at radius 2 is 2.06 bits per heavy atom. The van der Waals surface area contributed by atoms with Crippen molar-refractivity contribution in [2.45, 2.75) is 37.7 Å². The first kappa shape index (κ1) is 14.2. The fourth-order valence-corrected chi connectivity index (χ4v) is 2.94. The van der Waals surface area contributed by atoms with E-state index in [1.807, 2.05) is 39.0 Å². The van der Waals surface area contributed by atoms with Crippen molar-refractivity contribution in [3.8, 4) is 0 Å². The molecular weight excluding hydrogens is 234 g/mol. The smallest absolute Gasteiger partial charge is 0.0631 e. The monoisotopic (exact) mass is 255 g/mol. The number of hydrogen-bond acceptors (Lipinski definition) is 3. The van der Waals surface area contributed by atoms with Crippen molar-refractivity contribution in [1.29, 1.82) is 0 Å². The lowest BCUT2D eigenvalue weighted by Crippen LogP contribution is -2.25. The maximum absolute atomic E-state index is 12.2. The van der Waals surface area contributed by atoms with E-state index in [9.17, 15) is 4.21 Å². The number of aryl methyl sites for hydroxylation is 1. The molecule has 1 rings (SSSR count). The number of anilines is 1. The summed E-state index contributed by atoms with van der Waals surface area (Å²) in [5.41, 5.74) is 7.30. The van der Waals surface area contributed by atoms with Gasteiger partial charge in [-0.15, -0.1) is 0 Å². The molecule has 4 heteroatoms. The molecule has 0 aliphatic carbocycles. The predicted molar refractivity (Wildman–Crippen MR) is 72.6 cm³/mol. The van der Waals surface area contributed by atoms with E-state index in [0.29, 0.717) is 11.4 Å². The molecule has 0 saturated carbocycles. The largest absolute Gasteiger partial charge is 0.398 e. The third-order valence-electron chi connectivity index (χ3n) is 2.97. The normalized spacial score (nSPS) is 13.6. The van der Waals surface area contributed by atoms with Crippen molar-refractivity contribution in [3.63, 3.8) is 0 Å². The summed E-state index contributed by atoms with van der Waals surface area (Å²) in [7, 11) is 0.612. The molecule has 3 nitrogen and oxygen atoms in total. The summed E-state index contributed by atoms with van der Waals surface area (Å²) in [6, 6.07) is 5.65. The SMILES string of the molecule is COC(C)(C)CCS(=O)c1cccc(C)c1N. The molecular formula is C13H21NO2S. The maximum atomic E-state index is 12.2. The van der Waals surface area contributed by atoms with Crippen LogP contribution in [0.25, 0.3) is 0 Å². The molecule has 0 spiro atoms. The highest BCUT2D eigenvalue weighted by atomic mass is 32.2. The van der Waals surface area contributed by atoms with Gasteiger partial charge in [0.1, 0.15) is 0 Å². The summed E-state index contributed by atoms with van der Waals surface area (Å²) in [5, 5.41) is 0. The second-order valence-corrected chi connectivity index (χ2v) is 6.29. The second-order valence-electron chi connectivity index (χ2n) is 4.75. The second kappa shape index (κ2) is 5.65. The number of hydrogen-bond donors (Lipinski definition) is 1. The van der Waals surface area contributed by atoms with Gasteiger partial charge in [-0.1, -0.05) is 12.1 Å². The van der Waals surface area contributed by atoms with Gasteiger partial charge >= 0.3 is 0 Å². The van der Waals surface area contributed by atoms with Gasteiger partial charge in [0.15, 0.2) is 0 Å². The van der Waals surface area contributed by atoms with E-state index < -0.39 is 10.8 Å². The highest BCUT2D eigenvalue weighted by Crippen LogP contribution is 2.22. The summed E-state index contributed by atoms with van der Waals surface area (Å²) in [6.07, 6.45) is 0.740. The minimum absolute atomic E-state index is 0.242. The highest BCUT2D eigenvalue weighted by molar-refractivity contribution is 7.85. The third kappa shape index (κ3) is 3.82. The zero-order chi connectivity index (χ0) is 13.1. The van der Waals surface area contributed by atoms with Gasteiger partial charge < -0.3 is 10.5 Å². The fraction of sp³-hybridized carbons (Fsp3) is 0.538. The number of methoxy groups -OCH3 is 1. The van der Waals surface area contributed by atoms with E-state index in [0.717, 1.165) is 16.9 Å². The van der Waals surface area contributed by atoms with Crippen LogP contribution in [0.5, 0.6) is 0 Å². The predicted octanol–water partition coefficient (Wildman–Crippen LogP) is 2.50. The van der Waals surface area contributed by atoms with Gasteiger partial charge in [-0.3, -0.25) is 4.21 Å². The Morgan fingerprint density at radius 1 is 1.41 bits per heavy atom. The number of nitrogen functional groups attached to an aromatic ring is 1. The first-order valence-electron chi connectivity index (χ1n) is 5.66. The standard InChI is InChI=1S/C13H21NO2S/c1-10-6-5-7-11(12(10)14)17(15)9-8-13(2,3)16-4/h5-7H,8-9,14H2,1-4H3. The minimum Gasteiger partial charge on any atom is -0.398 e. The van der Waals surface area contributed by atoms with Crippen LogP contribution in [0.15, 0.2) is 23.1 Å². The van der Waals surface area contributed by atoms with Gasteiger partial charge in [-0.25, -0.2) is 0 Å². The van der Waals surface area contributed by atoms with Crippen molar-refractivity contribution >= 4 is 16.5 Å². The molecule has 17 heavy (non-hydrogen) atoms. The molecule has 2 N–H and O–H groups in total. The molecule has 0 aliphatic heterocycles. The first-order chi connectivity index (χ1) is 7.87. The maximum Gasteiger partial charge on any atom is 0.0631 e. The van der Waals surface area contributed by atoms with Crippen molar-refractivity contribution in [1.82, 2.24) is 0 Å². The van der Waals surface area contributed by atoms with Crippen molar-refractivity contribution < 1.29 is 8.95 Å². The van der Waals surface area contributed by atoms with Crippen LogP contribution >= 0.6 is 0 Å². The molecule has 0 heterocycles. The van der Waals surface area contributed by atoms with Gasteiger partial charge in [0, 0.05) is 12.9 Å². The lowest BCUT2D eigenvalue weighted by atomic mass is 10.1. The van der Waals surface area contributed by atoms with Crippen LogP contribution in [-0.4, -0.2) is 22.7 Å². The average molecular weight is 255 g/mol. The van der Waals surface area contributed by atoms with Crippen LogP contribution in [0.4, 0.5) is 5.69 Å². The van der Waals surface area contributed by atoms with Gasteiger partial charge in [-0.2, -0.15) is 0 Å². The van der Waals surface area contributed by atoms with Crippen LogP contribution < -0.4 is 5.73 Å². The lowest BCUT2D eigenvalue weighted by molar-refractivity contribution is 0.0205. The molecule has 0 radical (unpaired) electrons. The van der Waals surface area contributed by atoms with Gasteiger partial charge in [0.05, 0.1) is 27.0 Å². The molecule has 1 atom stereocenters. The van der Waals surface area contributed by atoms with Crippen molar-refractivity contribution in [2.75, 3.05) is 18.6 Å². The van der Waals surface area contributed by atoms with E-state index in [2.05, 4.69) is 0 Å². The molecule has 1 aromatic rings. The zero-order valence-electron chi connectivity index (χ0n) is 10.9. The molecule has 96 valence electrons. The number of benzene rings is 1. The Morgan fingerprint density at radius 3 is 2.65 bits per heavy atom. The number of nitrogens with two attached hydrogens (primary N) is 1. The van der Waals surface area contributed by atoms with Crippen LogP contribution in [0.1, 0.15) is 25.8 Å². The number of para-hydroxylation sites is 1. The molecule has 0 aliphatic rings. The number of ether oxygens (including phenoxy) is 1. The van der Waals surface area contributed by atoms with Crippen LogP contribution in [-0.2, 0) is 15.5 Å². The average Bonchev–Trinajstić information content (AvgIpc) is 2.30. The van der Waals surface area contributed by atoms with E-state index in [4.69, 9.17) is 10.5 Å². The van der Waals surface area contributed by atoms with E-state index >= 15 is 0 Å². The van der Waals surface area contributed by atoms with E-state index in [1.54, 1.807) is 7.11 Å². The minimum atomic E-state index is -1.06. The van der Waals surface area contributed by atoms with E-state index in [-0.39, 0.29) is 5.60 Å². The molecule has 0 bridgehead atoms. The van der Waals surface area contributed by atoms with Gasteiger partial charge in [0.2, 0.25) is 0 Å². The fourth-order valence-electron chi connectivity index (χ4n) is 1.40. The van der Waals surface area contributed by atoms with Gasteiger partial charge in [-0.05, 0) is 38.8 Å². The Labute approximate surface area is 106 Å². The Bertz CT molecular complexity index is 416. The Kier molecular flexibility index (Phi) is 4.71. The molecule has 0 amide bonds. The molecule has 1 unspecified atom stereocenters. The van der Waals surface area contributed by atoms with Gasteiger partial charge in [0.25, 0.3) is 0 Å². The van der Waals surface area contributed by atoms with Crippen LogP contribution in [0, 0.1) is 6.92 Å². The van der Waals surface area contributed by atoms with Crippen molar-refractivity contribution in [3.05, 3.63) is 23.8 Å². The van der Waals surface area contributed by atoms with Crippen molar-refractivity contribution in [2.24, 2.45) is 0 Å². The molecule has 0 fully saturated rings. The molecule has 0 saturated heterocycles.